The van der Waals surface area contributed by atoms with Gasteiger partial charge in [0.15, 0.2) is 0 Å². The molecule has 0 aliphatic carbocycles. The number of carboxylic acid groups (broad SMARTS) is 1. The maximum atomic E-state index is 11.5. The maximum absolute atomic E-state index is 11.5. The number of aliphatic carboxylic acids is 1. The molecule has 2 aromatic rings. The largest absolute Gasteiger partial charge is 0.481 e. The van der Waals surface area contributed by atoms with Gasteiger partial charge in [-0.25, -0.2) is 0 Å². The third-order valence-corrected chi connectivity index (χ3v) is 3.36. The molecule has 2 aromatic carbocycles. The lowest BCUT2D eigenvalue weighted by Crippen LogP contribution is -2.07. The van der Waals surface area contributed by atoms with Gasteiger partial charge in [-0.2, -0.15) is 0 Å². The summed E-state index contributed by atoms with van der Waals surface area (Å²) in [7, 11) is 0. The van der Waals surface area contributed by atoms with E-state index in [2.05, 4.69) is 23.5 Å². The third kappa shape index (κ3) is 4.60. The van der Waals surface area contributed by atoms with E-state index in [0.29, 0.717) is 19.4 Å². The highest BCUT2D eigenvalue weighted by Gasteiger charge is 2.05. The van der Waals surface area contributed by atoms with Gasteiger partial charge >= 0.3 is 5.97 Å². The van der Waals surface area contributed by atoms with Crippen molar-refractivity contribution in [1.82, 2.24) is 0 Å². The second kappa shape index (κ2) is 7.43. The first-order chi connectivity index (χ1) is 10.2. The molecular formula is C17H19NO3. The Morgan fingerprint density at radius 1 is 0.952 bits per heavy atom. The molecule has 21 heavy (non-hydrogen) atoms. The van der Waals surface area contributed by atoms with E-state index in [1.54, 1.807) is 0 Å². The van der Waals surface area contributed by atoms with Crippen molar-refractivity contribution in [2.24, 2.45) is 0 Å². The van der Waals surface area contributed by atoms with E-state index in [0.717, 1.165) is 11.1 Å². The summed E-state index contributed by atoms with van der Waals surface area (Å²) < 4.78 is 0. The smallest absolute Gasteiger partial charge is 0.303 e. The molecule has 2 N–H and O–H groups in total. The Labute approximate surface area is 123 Å². The summed E-state index contributed by atoms with van der Waals surface area (Å²) >= 11 is 0. The summed E-state index contributed by atoms with van der Waals surface area (Å²) in [6.45, 7) is 0.701. The first-order valence-electron chi connectivity index (χ1n) is 7.12. The van der Waals surface area contributed by atoms with Gasteiger partial charge in [0.05, 0.1) is 6.42 Å². The average Bonchev–Trinajstić information content (AvgIpc) is 2.49. The van der Waals surface area contributed by atoms with Gasteiger partial charge in [-0.3, -0.25) is 9.59 Å². The number of carbonyl (C=O) groups excluding carboxylic acids is 1. The Kier molecular flexibility index (Phi) is 5.32. The van der Waals surface area contributed by atoms with Crippen molar-refractivity contribution < 1.29 is 14.7 Å². The molecule has 0 aromatic heterocycles. The third-order valence-electron chi connectivity index (χ3n) is 3.36. The molecule has 0 saturated carbocycles. The second-order valence-corrected chi connectivity index (χ2v) is 4.99. The predicted octanol–water partition coefficient (Wildman–Crippen LogP) is 3.47. The second-order valence-electron chi connectivity index (χ2n) is 4.99. The van der Waals surface area contributed by atoms with Crippen LogP contribution in [0.2, 0.25) is 0 Å². The molecule has 0 aliphatic heterocycles. The van der Waals surface area contributed by atoms with E-state index in [9.17, 15) is 9.59 Å². The summed E-state index contributed by atoms with van der Waals surface area (Å²) in [5.41, 5.74) is 1.06. The lowest BCUT2D eigenvalue weighted by molar-refractivity contribution is -0.138. The monoisotopic (exact) mass is 285 g/mol. The number of fused-ring (bicyclic) bond motifs is 1. The van der Waals surface area contributed by atoms with E-state index in [-0.39, 0.29) is 18.6 Å². The Hall–Kier alpha value is -2.36. The standard InChI is InChI=1S/C17H19NO3/c19-14(10-11-17(20)21)7-4-12-18-16-9-3-6-13-5-1-2-8-15(13)16/h1-3,5-6,8-9,18H,4,7,10-12H2,(H,20,21). The van der Waals surface area contributed by atoms with Gasteiger partial charge in [-0.1, -0.05) is 36.4 Å². The van der Waals surface area contributed by atoms with Crippen LogP contribution < -0.4 is 5.32 Å². The van der Waals surface area contributed by atoms with Gasteiger partial charge in [0.25, 0.3) is 0 Å². The lowest BCUT2D eigenvalue weighted by Gasteiger charge is -2.09. The quantitative estimate of drug-likeness (QED) is 0.729. The Morgan fingerprint density at radius 3 is 2.52 bits per heavy atom. The van der Waals surface area contributed by atoms with Crippen molar-refractivity contribution in [2.45, 2.75) is 25.7 Å². The normalized spacial score (nSPS) is 10.5. The fourth-order valence-corrected chi connectivity index (χ4v) is 2.26. The minimum Gasteiger partial charge on any atom is -0.481 e. The molecular weight excluding hydrogens is 266 g/mol. The Morgan fingerprint density at radius 2 is 1.71 bits per heavy atom. The van der Waals surface area contributed by atoms with E-state index in [4.69, 9.17) is 5.11 Å². The number of rotatable bonds is 8. The first-order valence-corrected chi connectivity index (χ1v) is 7.12. The Bertz CT molecular complexity index is 631. The number of ketones is 1. The zero-order valence-electron chi connectivity index (χ0n) is 11.8. The van der Waals surface area contributed by atoms with E-state index < -0.39 is 5.97 Å². The molecule has 0 heterocycles. The van der Waals surface area contributed by atoms with Crippen LogP contribution in [-0.2, 0) is 9.59 Å². The van der Waals surface area contributed by atoms with Crippen LogP contribution >= 0.6 is 0 Å². The number of Topliss-reactive ketones (excluding diaryl/α,β-unsaturated/α-hetero) is 1. The fourth-order valence-electron chi connectivity index (χ4n) is 2.26. The van der Waals surface area contributed by atoms with Crippen molar-refractivity contribution in [3.05, 3.63) is 42.5 Å². The van der Waals surface area contributed by atoms with Gasteiger partial charge in [-0.15, -0.1) is 0 Å². The fraction of sp³-hybridized carbons (Fsp3) is 0.294. The highest BCUT2D eigenvalue weighted by Crippen LogP contribution is 2.22. The lowest BCUT2D eigenvalue weighted by atomic mass is 10.1. The minimum absolute atomic E-state index is 0.0112. The highest BCUT2D eigenvalue weighted by molar-refractivity contribution is 5.93. The molecule has 4 nitrogen and oxygen atoms in total. The minimum atomic E-state index is -0.919. The number of carbonyl (C=O) groups is 2. The molecule has 0 fully saturated rings. The van der Waals surface area contributed by atoms with E-state index >= 15 is 0 Å². The SMILES string of the molecule is O=C(O)CCC(=O)CCCNc1cccc2ccccc12. The number of benzene rings is 2. The van der Waals surface area contributed by atoms with Crippen LogP contribution in [0.3, 0.4) is 0 Å². The molecule has 110 valence electrons. The van der Waals surface area contributed by atoms with Crippen LogP contribution in [0.4, 0.5) is 5.69 Å². The summed E-state index contributed by atoms with van der Waals surface area (Å²) in [6, 6.07) is 14.2. The first kappa shape index (κ1) is 15.0. The average molecular weight is 285 g/mol. The summed E-state index contributed by atoms with van der Waals surface area (Å²) in [6.07, 6.45) is 1.19. The topological polar surface area (TPSA) is 66.4 Å². The van der Waals surface area contributed by atoms with Crippen LogP contribution in [0, 0.1) is 0 Å². The number of hydrogen-bond acceptors (Lipinski definition) is 3. The number of anilines is 1. The van der Waals surface area contributed by atoms with Crippen LogP contribution in [0.25, 0.3) is 10.8 Å². The number of hydrogen-bond donors (Lipinski definition) is 2. The summed E-state index contributed by atoms with van der Waals surface area (Å²) in [5.74, 6) is -0.908. The molecule has 0 radical (unpaired) electrons. The van der Waals surface area contributed by atoms with Gasteiger partial charge in [0.1, 0.15) is 5.78 Å². The molecule has 0 unspecified atom stereocenters. The maximum Gasteiger partial charge on any atom is 0.303 e. The number of nitrogens with one attached hydrogen (secondary N) is 1. The van der Waals surface area contributed by atoms with Crippen molar-refractivity contribution in [2.75, 3.05) is 11.9 Å². The van der Waals surface area contributed by atoms with Crippen molar-refractivity contribution in [3.63, 3.8) is 0 Å². The van der Waals surface area contributed by atoms with E-state index in [1.165, 1.54) is 5.39 Å². The molecule has 0 aliphatic rings. The zero-order valence-corrected chi connectivity index (χ0v) is 11.8. The summed E-state index contributed by atoms with van der Waals surface area (Å²) in [5, 5.41) is 14.2. The van der Waals surface area contributed by atoms with Crippen LogP contribution in [0.1, 0.15) is 25.7 Å². The van der Waals surface area contributed by atoms with Crippen LogP contribution in [0.15, 0.2) is 42.5 Å². The van der Waals surface area contributed by atoms with Gasteiger partial charge in [0, 0.05) is 30.5 Å². The van der Waals surface area contributed by atoms with Crippen LogP contribution in [-0.4, -0.2) is 23.4 Å². The molecule has 0 atom stereocenters. The van der Waals surface area contributed by atoms with Crippen LogP contribution in [0.5, 0.6) is 0 Å². The molecule has 0 spiro atoms. The van der Waals surface area contributed by atoms with Gasteiger partial charge < -0.3 is 10.4 Å². The molecule has 0 saturated heterocycles. The number of carboxylic acids is 1. The predicted molar refractivity (Wildman–Crippen MR) is 83.5 cm³/mol. The highest BCUT2D eigenvalue weighted by atomic mass is 16.4. The Balaban J connectivity index is 1.80. The molecule has 4 heteroatoms. The summed E-state index contributed by atoms with van der Waals surface area (Å²) in [4.78, 5) is 21.9. The van der Waals surface area contributed by atoms with Crippen molar-refractivity contribution in [3.8, 4) is 0 Å². The molecule has 2 rings (SSSR count). The molecule has 0 amide bonds. The van der Waals surface area contributed by atoms with Gasteiger partial charge in [0.2, 0.25) is 0 Å². The van der Waals surface area contributed by atoms with Crippen molar-refractivity contribution in [1.29, 1.82) is 0 Å². The zero-order chi connectivity index (χ0) is 15.1. The van der Waals surface area contributed by atoms with Gasteiger partial charge in [-0.05, 0) is 17.9 Å². The van der Waals surface area contributed by atoms with Crippen molar-refractivity contribution >= 4 is 28.2 Å². The van der Waals surface area contributed by atoms with E-state index in [1.807, 2.05) is 24.3 Å². The molecule has 0 bridgehead atoms.